The molecule has 0 aliphatic heterocycles. The molecule has 1 N–H and O–H groups in total. The summed E-state index contributed by atoms with van der Waals surface area (Å²) in [5, 5.41) is 19.2. The Hall–Kier alpha value is -0.0600. The number of nitrogens with zero attached hydrogens (tertiary/aromatic N) is 1. The Morgan fingerprint density at radius 3 is 2.45 bits per heavy atom. The molecule has 0 amide bonds. The van der Waals surface area contributed by atoms with Crippen molar-refractivity contribution in [3.05, 3.63) is 10.1 Å². The Kier molecular flexibility index (Phi) is 4.07. The zero-order chi connectivity index (χ0) is 9.07. The number of nitro groups is 1. The quantitative estimate of drug-likeness (QED) is 0.325. The van der Waals surface area contributed by atoms with E-state index < -0.39 is 15.5 Å². The molecule has 0 saturated carbocycles. The zero-order valence-corrected chi connectivity index (χ0v) is 7.47. The number of aliphatic hydroxyl groups excluding tert-OH is 1. The van der Waals surface area contributed by atoms with Crippen LogP contribution in [0.3, 0.4) is 0 Å². The fourth-order valence-corrected chi connectivity index (χ4v) is 0.787. The summed E-state index contributed by atoms with van der Waals surface area (Å²) in [5.41, 5.74) is 0. The molecule has 0 heterocycles. The van der Waals surface area contributed by atoms with Gasteiger partial charge in [-0.05, 0) is 29.6 Å². The van der Waals surface area contributed by atoms with E-state index in [4.69, 9.17) is 28.3 Å². The highest BCUT2D eigenvalue weighted by Gasteiger charge is 2.45. The summed E-state index contributed by atoms with van der Waals surface area (Å²) < 4.78 is -2.27. The standard InChI is InChI=1S/C5H9Cl2NO3/c1-2-3-4(9)5(6,7)8(10)11/h4,9H,2-3H2,1H3. The largest absolute Gasteiger partial charge is 0.395 e. The Labute approximate surface area is 74.3 Å². The van der Waals surface area contributed by atoms with Gasteiger partial charge in [-0.25, -0.2) is 0 Å². The van der Waals surface area contributed by atoms with Crippen LogP contribution in [0, 0.1) is 10.1 Å². The summed E-state index contributed by atoms with van der Waals surface area (Å²) in [7, 11) is 0. The van der Waals surface area contributed by atoms with Crippen LogP contribution < -0.4 is 0 Å². The van der Waals surface area contributed by atoms with E-state index in [2.05, 4.69) is 0 Å². The van der Waals surface area contributed by atoms with Gasteiger partial charge >= 0.3 is 4.46 Å². The number of halogens is 2. The van der Waals surface area contributed by atoms with E-state index >= 15 is 0 Å². The molecule has 6 heteroatoms. The van der Waals surface area contributed by atoms with Gasteiger partial charge in [0.05, 0.1) is 4.92 Å². The fraction of sp³-hybridized carbons (Fsp3) is 1.00. The van der Waals surface area contributed by atoms with Crippen LogP contribution >= 0.6 is 23.2 Å². The normalized spacial score (nSPS) is 14.5. The van der Waals surface area contributed by atoms with Crippen LogP contribution in [0.2, 0.25) is 0 Å². The Morgan fingerprint density at radius 2 is 2.18 bits per heavy atom. The molecule has 0 spiro atoms. The van der Waals surface area contributed by atoms with Crippen LogP contribution in [0.1, 0.15) is 19.8 Å². The monoisotopic (exact) mass is 201 g/mol. The molecule has 0 rings (SSSR count). The Bertz CT molecular complexity index is 151. The van der Waals surface area contributed by atoms with Gasteiger partial charge < -0.3 is 5.11 Å². The van der Waals surface area contributed by atoms with Gasteiger partial charge in [-0.15, -0.1) is 0 Å². The van der Waals surface area contributed by atoms with Gasteiger partial charge in [-0.2, -0.15) is 0 Å². The predicted octanol–water partition coefficient (Wildman–Crippen LogP) is 1.56. The second-order valence-electron chi connectivity index (χ2n) is 2.15. The molecule has 0 aromatic rings. The highest BCUT2D eigenvalue weighted by molar-refractivity contribution is 6.47. The first-order valence-electron chi connectivity index (χ1n) is 3.13. The maximum absolute atomic E-state index is 10.1. The lowest BCUT2D eigenvalue weighted by atomic mass is 10.2. The smallest absolute Gasteiger partial charge is 0.383 e. The molecule has 66 valence electrons. The van der Waals surface area contributed by atoms with Gasteiger partial charge in [0.25, 0.3) is 0 Å². The lowest BCUT2D eigenvalue weighted by Crippen LogP contribution is -2.38. The third-order valence-electron chi connectivity index (χ3n) is 1.21. The SMILES string of the molecule is CCCC(O)C(Cl)(Cl)[N+](=O)[O-]. The Balaban J connectivity index is 4.17. The number of hydrogen-bond donors (Lipinski definition) is 1. The van der Waals surface area contributed by atoms with Gasteiger partial charge in [0, 0.05) is 0 Å². The van der Waals surface area contributed by atoms with Crippen LogP contribution in [0.4, 0.5) is 0 Å². The van der Waals surface area contributed by atoms with E-state index in [0.29, 0.717) is 6.42 Å². The van der Waals surface area contributed by atoms with Crippen molar-refractivity contribution in [1.82, 2.24) is 0 Å². The molecule has 0 aromatic heterocycles. The molecule has 0 radical (unpaired) electrons. The van der Waals surface area contributed by atoms with Crippen molar-refractivity contribution in [3.63, 3.8) is 0 Å². The van der Waals surface area contributed by atoms with Crippen LogP contribution in [0.25, 0.3) is 0 Å². The topological polar surface area (TPSA) is 63.4 Å². The van der Waals surface area contributed by atoms with Crippen LogP contribution in [-0.4, -0.2) is 20.6 Å². The number of alkyl halides is 2. The average molecular weight is 202 g/mol. The summed E-state index contributed by atoms with van der Waals surface area (Å²) in [5.74, 6) is 0. The lowest BCUT2D eigenvalue weighted by Gasteiger charge is -2.16. The van der Waals surface area contributed by atoms with Crippen LogP contribution in [-0.2, 0) is 0 Å². The first kappa shape index (κ1) is 10.9. The summed E-state index contributed by atoms with van der Waals surface area (Å²) in [6.07, 6.45) is -0.504. The van der Waals surface area contributed by atoms with Gasteiger partial charge in [-0.3, -0.25) is 10.1 Å². The highest BCUT2D eigenvalue weighted by Crippen LogP contribution is 2.28. The first-order chi connectivity index (χ1) is 4.92. The fourth-order valence-electron chi connectivity index (χ4n) is 0.569. The summed E-state index contributed by atoms with van der Waals surface area (Å²) in [6.45, 7) is 1.77. The molecular weight excluding hydrogens is 193 g/mol. The molecule has 0 fully saturated rings. The molecular formula is C5H9Cl2NO3. The van der Waals surface area contributed by atoms with Crippen molar-refractivity contribution >= 4 is 23.2 Å². The molecule has 0 aliphatic rings. The van der Waals surface area contributed by atoms with Crippen LogP contribution in [0.15, 0.2) is 0 Å². The minimum Gasteiger partial charge on any atom is -0.383 e. The molecule has 0 saturated heterocycles. The molecule has 0 aliphatic carbocycles. The van der Waals surface area contributed by atoms with Crippen molar-refractivity contribution in [2.75, 3.05) is 0 Å². The van der Waals surface area contributed by atoms with Crippen molar-refractivity contribution in [2.45, 2.75) is 30.3 Å². The maximum atomic E-state index is 10.1. The Morgan fingerprint density at radius 1 is 1.73 bits per heavy atom. The summed E-state index contributed by atoms with van der Waals surface area (Å²) in [4.78, 5) is 9.21. The van der Waals surface area contributed by atoms with Gasteiger partial charge in [-0.1, -0.05) is 13.3 Å². The van der Waals surface area contributed by atoms with E-state index in [9.17, 15) is 10.1 Å². The maximum Gasteiger partial charge on any atom is 0.395 e. The second-order valence-corrected chi connectivity index (χ2v) is 3.50. The minimum atomic E-state index is -2.27. The van der Waals surface area contributed by atoms with E-state index in [1.807, 2.05) is 0 Å². The second kappa shape index (κ2) is 4.09. The van der Waals surface area contributed by atoms with E-state index in [-0.39, 0.29) is 6.42 Å². The van der Waals surface area contributed by atoms with Crippen molar-refractivity contribution < 1.29 is 10.0 Å². The third-order valence-corrected chi connectivity index (χ3v) is 1.99. The summed E-state index contributed by atoms with van der Waals surface area (Å²) >= 11 is 10.4. The highest BCUT2D eigenvalue weighted by atomic mass is 35.5. The lowest BCUT2D eigenvalue weighted by molar-refractivity contribution is -0.527. The average Bonchev–Trinajstić information content (AvgIpc) is 1.88. The van der Waals surface area contributed by atoms with E-state index in [1.165, 1.54) is 0 Å². The van der Waals surface area contributed by atoms with Gasteiger partial charge in [0.15, 0.2) is 6.10 Å². The number of rotatable bonds is 4. The first-order valence-corrected chi connectivity index (χ1v) is 3.88. The van der Waals surface area contributed by atoms with Crippen molar-refractivity contribution in [2.24, 2.45) is 0 Å². The molecule has 0 aromatic carbocycles. The van der Waals surface area contributed by atoms with E-state index in [1.54, 1.807) is 6.92 Å². The van der Waals surface area contributed by atoms with Gasteiger partial charge in [0.2, 0.25) is 0 Å². The number of aliphatic hydroxyl groups is 1. The molecule has 0 bridgehead atoms. The molecule has 1 unspecified atom stereocenters. The zero-order valence-electron chi connectivity index (χ0n) is 5.96. The predicted molar refractivity (Wildman–Crippen MR) is 42.3 cm³/mol. The summed E-state index contributed by atoms with van der Waals surface area (Å²) in [6, 6.07) is 0. The van der Waals surface area contributed by atoms with Gasteiger partial charge in [0.1, 0.15) is 0 Å². The van der Waals surface area contributed by atoms with E-state index in [0.717, 1.165) is 0 Å². The molecule has 4 nitrogen and oxygen atoms in total. The third kappa shape index (κ3) is 2.81. The molecule has 1 atom stereocenters. The minimum absolute atomic E-state index is 0.216. The molecule has 11 heavy (non-hydrogen) atoms. The van der Waals surface area contributed by atoms with Crippen molar-refractivity contribution in [1.29, 1.82) is 0 Å². The number of hydrogen-bond acceptors (Lipinski definition) is 3. The van der Waals surface area contributed by atoms with Crippen molar-refractivity contribution in [3.8, 4) is 0 Å². The van der Waals surface area contributed by atoms with Crippen LogP contribution in [0.5, 0.6) is 0 Å².